The second-order valence-electron chi connectivity index (χ2n) is 3.29. The van der Waals surface area contributed by atoms with Crippen molar-refractivity contribution in [3.63, 3.8) is 0 Å². The highest BCUT2D eigenvalue weighted by Gasteiger charge is 2.21. The number of hydrogen-bond acceptors (Lipinski definition) is 3. The van der Waals surface area contributed by atoms with Gasteiger partial charge in [-0.05, 0) is 19.4 Å². The third kappa shape index (κ3) is 2.54. The Morgan fingerprint density at radius 2 is 1.57 bits per heavy atom. The molecule has 1 rings (SSSR count). The van der Waals surface area contributed by atoms with E-state index in [4.69, 9.17) is 4.55 Å². The second-order valence-corrected chi connectivity index (χ2v) is 4.76. The fraction of sp³-hybridized carbons (Fsp3) is 0.333. The Bertz CT molecular complexity index is 416. The van der Waals surface area contributed by atoms with Gasteiger partial charge in [0.15, 0.2) is 0 Å². The average Bonchev–Trinajstić information content (AvgIpc) is 1.99. The van der Waals surface area contributed by atoms with E-state index in [1.165, 1.54) is 12.1 Å². The van der Waals surface area contributed by atoms with Gasteiger partial charge in [0.05, 0.1) is 0 Å². The molecule has 2 N–H and O–H groups in total. The molecule has 78 valence electrons. The molecule has 0 aliphatic rings. The minimum atomic E-state index is -4.43. The van der Waals surface area contributed by atoms with Gasteiger partial charge in [-0.15, -0.1) is 0 Å². The van der Waals surface area contributed by atoms with Crippen molar-refractivity contribution in [3.05, 3.63) is 34.9 Å². The van der Waals surface area contributed by atoms with Crippen molar-refractivity contribution >= 4 is 10.1 Å². The maximum atomic E-state index is 10.7. The van der Waals surface area contributed by atoms with Gasteiger partial charge in [0.25, 0.3) is 10.1 Å². The summed E-state index contributed by atoms with van der Waals surface area (Å²) in [6.07, 6.45) is 0. The van der Waals surface area contributed by atoms with Crippen LogP contribution in [-0.4, -0.2) is 18.1 Å². The van der Waals surface area contributed by atoms with Crippen molar-refractivity contribution < 1.29 is 18.1 Å². The molecule has 1 aromatic carbocycles. The van der Waals surface area contributed by atoms with Gasteiger partial charge in [-0.25, -0.2) is 0 Å². The van der Waals surface area contributed by atoms with E-state index in [1.807, 2.05) is 6.07 Å². The van der Waals surface area contributed by atoms with Crippen molar-refractivity contribution in [2.75, 3.05) is 0 Å². The number of rotatable bonds is 2. The van der Waals surface area contributed by atoms with Crippen LogP contribution in [0.4, 0.5) is 0 Å². The van der Waals surface area contributed by atoms with E-state index in [9.17, 15) is 13.5 Å². The van der Waals surface area contributed by atoms with Gasteiger partial charge >= 0.3 is 0 Å². The summed E-state index contributed by atoms with van der Waals surface area (Å²) in [7, 11) is -4.43. The van der Waals surface area contributed by atoms with E-state index in [2.05, 4.69) is 0 Å². The molecule has 0 saturated heterocycles. The van der Waals surface area contributed by atoms with Crippen LogP contribution in [0.5, 0.6) is 0 Å². The Morgan fingerprint density at radius 1 is 1.14 bits per heavy atom. The van der Waals surface area contributed by atoms with Crippen molar-refractivity contribution in [3.8, 4) is 0 Å². The van der Waals surface area contributed by atoms with Gasteiger partial charge in [-0.3, -0.25) is 4.55 Å². The molecule has 0 bridgehead atoms. The Labute approximate surface area is 82.9 Å². The fourth-order valence-corrected chi connectivity index (χ4v) is 1.80. The SMILES string of the molecule is Cc1cc(C)cc(C(O)S(=O)(=O)O)c1. The predicted octanol–water partition coefficient (Wildman–Crippen LogP) is 1.18. The second kappa shape index (κ2) is 3.68. The summed E-state index contributed by atoms with van der Waals surface area (Å²) in [5.41, 5.74) is -0.00324. The van der Waals surface area contributed by atoms with Crippen molar-refractivity contribution in [2.24, 2.45) is 0 Å². The molecule has 14 heavy (non-hydrogen) atoms. The summed E-state index contributed by atoms with van der Waals surface area (Å²) >= 11 is 0. The van der Waals surface area contributed by atoms with Crippen LogP contribution >= 0.6 is 0 Å². The van der Waals surface area contributed by atoms with E-state index in [1.54, 1.807) is 13.8 Å². The molecule has 1 unspecified atom stereocenters. The van der Waals surface area contributed by atoms with Crippen molar-refractivity contribution in [1.29, 1.82) is 0 Å². The quantitative estimate of drug-likeness (QED) is 0.728. The molecule has 0 aromatic heterocycles. The van der Waals surface area contributed by atoms with Crippen LogP contribution < -0.4 is 0 Å². The first kappa shape index (κ1) is 11.2. The van der Waals surface area contributed by atoms with Crippen LogP contribution in [-0.2, 0) is 10.1 Å². The van der Waals surface area contributed by atoms with Crippen LogP contribution in [0.25, 0.3) is 0 Å². The molecule has 5 heteroatoms. The number of aryl methyl sites for hydroxylation is 2. The lowest BCUT2D eigenvalue weighted by molar-refractivity contribution is 0.238. The minimum absolute atomic E-state index is 0.185. The monoisotopic (exact) mass is 216 g/mol. The molecule has 1 aromatic rings. The van der Waals surface area contributed by atoms with E-state index in [0.717, 1.165) is 11.1 Å². The fourth-order valence-electron chi connectivity index (χ4n) is 1.32. The summed E-state index contributed by atoms with van der Waals surface area (Å²) in [5.74, 6) is 0. The predicted molar refractivity (Wildman–Crippen MR) is 52.4 cm³/mol. The molecule has 0 heterocycles. The van der Waals surface area contributed by atoms with Gasteiger partial charge in [0.1, 0.15) is 0 Å². The van der Waals surface area contributed by atoms with Crippen LogP contribution in [0.3, 0.4) is 0 Å². The molecule has 1 atom stereocenters. The standard InChI is InChI=1S/C9H12O4S/c1-6-3-7(2)5-8(4-6)9(10)14(11,12)13/h3-5,9-10H,1-2H3,(H,11,12,13). The molecule has 0 aliphatic carbocycles. The maximum Gasteiger partial charge on any atom is 0.296 e. The van der Waals surface area contributed by atoms with Crippen LogP contribution in [0.2, 0.25) is 0 Å². The molecule has 4 nitrogen and oxygen atoms in total. The number of benzene rings is 1. The molecular formula is C9H12O4S. The van der Waals surface area contributed by atoms with Crippen molar-refractivity contribution in [2.45, 2.75) is 19.3 Å². The first-order valence-electron chi connectivity index (χ1n) is 4.03. The van der Waals surface area contributed by atoms with Gasteiger partial charge in [-0.2, -0.15) is 8.42 Å². The number of hydrogen-bond donors (Lipinski definition) is 2. The van der Waals surface area contributed by atoms with E-state index in [-0.39, 0.29) is 5.56 Å². The Hall–Kier alpha value is -0.910. The summed E-state index contributed by atoms with van der Waals surface area (Å²) in [6.45, 7) is 3.57. The number of aliphatic hydroxyl groups excluding tert-OH is 1. The molecule has 0 aliphatic heterocycles. The van der Waals surface area contributed by atoms with Gasteiger partial charge < -0.3 is 5.11 Å². The third-order valence-corrected chi connectivity index (χ3v) is 2.65. The summed E-state index contributed by atoms with van der Waals surface area (Å²) in [4.78, 5) is 0. The number of aliphatic hydroxyl groups is 1. The van der Waals surface area contributed by atoms with Gasteiger partial charge in [0.2, 0.25) is 5.44 Å². The van der Waals surface area contributed by atoms with Crippen molar-refractivity contribution in [1.82, 2.24) is 0 Å². The normalized spacial score (nSPS) is 14.0. The summed E-state index contributed by atoms with van der Waals surface area (Å²) in [5, 5.41) is 9.27. The Balaban J connectivity index is 3.20. The highest BCUT2D eigenvalue weighted by molar-refractivity contribution is 7.85. The molecule has 0 saturated carbocycles. The highest BCUT2D eigenvalue weighted by atomic mass is 32.2. The summed E-state index contributed by atoms with van der Waals surface area (Å²) in [6, 6.07) is 4.89. The van der Waals surface area contributed by atoms with Gasteiger partial charge in [-0.1, -0.05) is 29.3 Å². The first-order valence-corrected chi connectivity index (χ1v) is 5.53. The molecule has 0 spiro atoms. The average molecular weight is 216 g/mol. The lowest BCUT2D eigenvalue weighted by atomic mass is 10.1. The third-order valence-electron chi connectivity index (χ3n) is 1.81. The Morgan fingerprint density at radius 3 is 1.93 bits per heavy atom. The Kier molecular flexibility index (Phi) is 2.94. The molecule has 0 fully saturated rings. The highest BCUT2D eigenvalue weighted by Crippen LogP contribution is 2.20. The van der Waals surface area contributed by atoms with Crippen LogP contribution in [0.15, 0.2) is 18.2 Å². The zero-order chi connectivity index (χ0) is 10.9. The maximum absolute atomic E-state index is 10.7. The zero-order valence-electron chi connectivity index (χ0n) is 7.93. The topological polar surface area (TPSA) is 74.6 Å². The van der Waals surface area contributed by atoms with E-state index in [0.29, 0.717) is 0 Å². The lowest BCUT2D eigenvalue weighted by Crippen LogP contribution is -2.11. The van der Waals surface area contributed by atoms with Crippen LogP contribution in [0, 0.1) is 13.8 Å². The summed E-state index contributed by atoms with van der Waals surface area (Å²) < 4.78 is 30.0. The smallest absolute Gasteiger partial charge is 0.296 e. The molecule has 0 radical (unpaired) electrons. The van der Waals surface area contributed by atoms with Gasteiger partial charge in [0, 0.05) is 0 Å². The largest absolute Gasteiger partial charge is 0.371 e. The molecule has 0 amide bonds. The zero-order valence-corrected chi connectivity index (χ0v) is 8.75. The first-order chi connectivity index (χ1) is 6.30. The molecular weight excluding hydrogens is 204 g/mol. The lowest BCUT2D eigenvalue weighted by Gasteiger charge is -2.09. The minimum Gasteiger partial charge on any atom is -0.371 e. The van der Waals surface area contributed by atoms with E-state index >= 15 is 0 Å². The van der Waals surface area contributed by atoms with E-state index < -0.39 is 15.6 Å². The van der Waals surface area contributed by atoms with Crippen LogP contribution in [0.1, 0.15) is 22.1 Å².